The summed E-state index contributed by atoms with van der Waals surface area (Å²) in [5.41, 5.74) is 2.29. The second kappa shape index (κ2) is 9.16. The number of halogens is 1. The van der Waals surface area contributed by atoms with E-state index in [1.807, 2.05) is 49.5 Å². The minimum absolute atomic E-state index is 0.128. The SMILES string of the molecule is CCCNC(=O)NCC(Cc1cccnc1)c1ccc(Cl)cc1. The summed E-state index contributed by atoms with van der Waals surface area (Å²) in [6.07, 6.45) is 5.35. The molecule has 1 heterocycles. The van der Waals surface area contributed by atoms with Crippen LogP contribution in [-0.2, 0) is 6.42 Å². The topological polar surface area (TPSA) is 54.0 Å². The Labute approximate surface area is 142 Å². The molecule has 2 rings (SSSR count). The molecule has 23 heavy (non-hydrogen) atoms. The van der Waals surface area contributed by atoms with Crippen LogP contribution < -0.4 is 10.6 Å². The molecule has 0 saturated heterocycles. The lowest BCUT2D eigenvalue weighted by Crippen LogP contribution is -2.38. The van der Waals surface area contributed by atoms with E-state index in [0.29, 0.717) is 18.1 Å². The third-order valence-corrected chi connectivity index (χ3v) is 3.84. The lowest BCUT2D eigenvalue weighted by molar-refractivity contribution is 0.240. The highest BCUT2D eigenvalue weighted by atomic mass is 35.5. The quantitative estimate of drug-likeness (QED) is 0.811. The summed E-state index contributed by atoms with van der Waals surface area (Å²) in [6.45, 7) is 3.27. The van der Waals surface area contributed by atoms with Crippen LogP contribution in [0.3, 0.4) is 0 Å². The number of amides is 2. The Morgan fingerprint density at radius 2 is 2.00 bits per heavy atom. The number of urea groups is 1. The molecule has 0 radical (unpaired) electrons. The molecule has 1 aromatic carbocycles. The van der Waals surface area contributed by atoms with Gasteiger partial charge in [0.15, 0.2) is 0 Å². The molecule has 0 fully saturated rings. The fourth-order valence-corrected chi connectivity index (χ4v) is 2.49. The number of hydrogen-bond donors (Lipinski definition) is 2. The molecule has 4 nitrogen and oxygen atoms in total. The van der Waals surface area contributed by atoms with Crippen molar-refractivity contribution in [2.45, 2.75) is 25.7 Å². The van der Waals surface area contributed by atoms with Gasteiger partial charge < -0.3 is 10.6 Å². The Morgan fingerprint density at radius 3 is 2.65 bits per heavy atom. The van der Waals surface area contributed by atoms with Crippen molar-refractivity contribution in [1.82, 2.24) is 15.6 Å². The molecule has 5 heteroatoms. The Balaban J connectivity index is 2.05. The van der Waals surface area contributed by atoms with E-state index in [1.54, 1.807) is 6.20 Å². The molecular formula is C18H22ClN3O. The smallest absolute Gasteiger partial charge is 0.314 e. The van der Waals surface area contributed by atoms with Gasteiger partial charge >= 0.3 is 6.03 Å². The normalized spacial score (nSPS) is 11.7. The van der Waals surface area contributed by atoms with Crippen LogP contribution >= 0.6 is 11.6 Å². The third kappa shape index (κ3) is 5.91. The highest BCUT2D eigenvalue weighted by Crippen LogP contribution is 2.22. The Hall–Kier alpha value is -2.07. The Morgan fingerprint density at radius 1 is 1.22 bits per heavy atom. The van der Waals surface area contributed by atoms with Gasteiger partial charge in [-0.1, -0.05) is 36.7 Å². The highest BCUT2D eigenvalue weighted by molar-refractivity contribution is 6.30. The fraction of sp³-hybridized carbons (Fsp3) is 0.333. The van der Waals surface area contributed by atoms with Crippen LogP contribution in [0.2, 0.25) is 5.02 Å². The van der Waals surface area contributed by atoms with Crippen LogP contribution in [0.15, 0.2) is 48.8 Å². The first kappa shape index (κ1) is 17.3. The van der Waals surface area contributed by atoms with Crippen LogP contribution in [-0.4, -0.2) is 24.1 Å². The summed E-state index contributed by atoms with van der Waals surface area (Å²) in [5, 5.41) is 6.49. The van der Waals surface area contributed by atoms with Crippen molar-refractivity contribution in [2.75, 3.05) is 13.1 Å². The predicted octanol–water partition coefficient (Wildman–Crippen LogP) is 3.77. The number of benzene rings is 1. The summed E-state index contributed by atoms with van der Waals surface area (Å²) in [4.78, 5) is 15.9. The van der Waals surface area contributed by atoms with Crippen molar-refractivity contribution in [3.05, 3.63) is 64.9 Å². The number of aromatic nitrogens is 1. The monoisotopic (exact) mass is 331 g/mol. The molecule has 1 unspecified atom stereocenters. The molecule has 2 amide bonds. The van der Waals surface area contributed by atoms with Crippen LogP contribution in [0.25, 0.3) is 0 Å². The minimum Gasteiger partial charge on any atom is -0.338 e. The van der Waals surface area contributed by atoms with Crippen LogP contribution in [0.4, 0.5) is 4.79 Å². The summed E-state index contributed by atoms with van der Waals surface area (Å²) in [6, 6.07) is 11.6. The number of nitrogens with zero attached hydrogens (tertiary/aromatic N) is 1. The van der Waals surface area contributed by atoms with Crippen LogP contribution in [0.5, 0.6) is 0 Å². The third-order valence-electron chi connectivity index (χ3n) is 3.59. The average molecular weight is 332 g/mol. The van der Waals surface area contributed by atoms with E-state index in [-0.39, 0.29) is 11.9 Å². The zero-order valence-corrected chi connectivity index (χ0v) is 14.0. The van der Waals surface area contributed by atoms with E-state index in [0.717, 1.165) is 24.0 Å². The predicted molar refractivity (Wildman–Crippen MR) is 93.8 cm³/mol. The Kier molecular flexibility index (Phi) is 6.88. The molecule has 0 bridgehead atoms. The molecule has 0 saturated carbocycles. The molecule has 0 aliphatic rings. The van der Waals surface area contributed by atoms with E-state index in [4.69, 9.17) is 11.6 Å². The maximum atomic E-state index is 11.8. The van der Waals surface area contributed by atoms with Gasteiger partial charge in [-0.15, -0.1) is 0 Å². The number of carbonyl (C=O) groups excluding carboxylic acids is 1. The van der Waals surface area contributed by atoms with Gasteiger partial charge in [-0.3, -0.25) is 4.98 Å². The van der Waals surface area contributed by atoms with Gasteiger partial charge in [0.2, 0.25) is 0 Å². The zero-order chi connectivity index (χ0) is 16.5. The summed E-state index contributed by atoms with van der Waals surface area (Å²) < 4.78 is 0. The highest BCUT2D eigenvalue weighted by Gasteiger charge is 2.14. The van der Waals surface area contributed by atoms with Crippen molar-refractivity contribution >= 4 is 17.6 Å². The molecule has 0 aliphatic carbocycles. The minimum atomic E-state index is -0.128. The first-order valence-electron chi connectivity index (χ1n) is 7.85. The first-order valence-corrected chi connectivity index (χ1v) is 8.23. The van der Waals surface area contributed by atoms with Gasteiger partial charge in [0.25, 0.3) is 0 Å². The van der Waals surface area contributed by atoms with Crippen molar-refractivity contribution < 1.29 is 4.79 Å². The van der Waals surface area contributed by atoms with Crippen LogP contribution in [0.1, 0.15) is 30.4 Å². The summed E-state index contributed by atoms with van der Waals surface area (Å²) in [5.74, 6) is 0.170. The standard InChI is InChI=1S/C18H22ClN3O/c1-2-9-21-18(23)22-13-16(11-14-4-3-10-20-12-14)15-5-7-17(19)8-6-15/h3-8,10,12,16H,2,9,11,13H2,1H3,(H2,21,22,23). The summed E-state index contributed by atoms with van der Waals surface area (Å²) >= 11 is 5.97. The van der Waals surface area contributed by atoms with Gasteiger partial charge in [0.05, 0.1) is 0 Å². The maximum absolute atomic E-state index is 11.8. The van der Waals surface area contributed by atoms with Crippen molar-refractivity contribution in [3.8, 4) is 0 Å². The van der Waals surface area contributed by atoms with Gasteiger partial charge in [-0.2, -0.15) is 0 Å². The van der Waals surface area contributed by atoms with Gasteiger partial charge in [0, 0.05) is 36.4 Å². The molecular weight excluding hydrogens is 310 g/mol. The van der Waals surface area contributed by atoms with E-state index < -0.39 is 0 Å². The number of nitrogens with one attached hydrogen (secondary N) is 2. The largest absolute Gasteiger partial charge is 0.338 e. The zero-order valence-electron chi connectivity index (χ0n) is 13.3. The Bertz CT molecular complexity index is 601. The van der Waals surface area contributed by atoms with Gasteiger partial charge in [-0.05, 0) is 42.2 Å². The number of carbonyl (C=O) groups is 1. The number of pyridine rings is 1. The first-order chi connectivity index (χ1) is 11.2. The fourth-order valence-electron chi connectivity index (χ4n) is 2.36. The summed E-state index contributed by atoms with van der Waals surface area (Å²) in [7, 11) is 0. The second-order valence-corrected chi connectivity index (χ2v) is 5.89. The van der Waals surface area contributed by atoms with Gasteiger partial charge in [0.1, 0.15) is 0 Å². The van der Waals surface area contributed by atoms with E-state index in [9.17, 15) is 4.79 Å². The molecule has 122 valence electrons. The van der Waals surface area contributed by atoms with Crippen molar-refractivity contribution in [1.29, 1.82) is 0 Å². The molecule has 2 aromatic rings. The molecule has 2 N–H and O–H groups in total. The van der Waals surface area contributed by atoms with Crippen molar-refractivity contribution in [3.63, 3.8) is 0 Å². The van der Waals surface area contributed by atoms with Crippen LogP contribution in [0, 0.1) is 0 Å². The van der Waals surface area contributed by atoms with Gasteiger partial charge in [-0.25, -0.2) is 4.79 Å². The van der Waals surface area contributed by atoms with Crippen molar-refractivity contribution in [2.24, 2.45) is 0 Å². The lowest BCUT2D eigenvalue weighted by Gasteiger charge is -2.18. The molecule has 0 spiro atoms. The van der Waals surface area contributed by atoms with E-state index >= 15 is 0 Å². The molecule has 1 aromatic heterocycles. The second-order valence-electron chi connectivity index (χ2n) is 5.45. The van der Waals surface area contributed by atoms with E-state index in [2.05, 4.69) is 15.6 Å². The molecule has 0 aliphatic heterocycles. The lowest BCUT2D eigenvalue weighted by atomic mass is 9.92. The molecule has 1 atom stereocenters. The van der Waals surface area contributed by atoms with E-state index in [1.165, 1.54) is 0 Å². The maximum Gasteiger partial charge on any atom is 0.314 e. The number of rotatable bonds is 7. The number of hydrogen-bond acceptors (Lipinski definition) is 2. The average Bonchev–Trinajstić information content (AvgIpc) is 2.58.